The zero-order chi connectivity index (χ0) is 9.97. The molecule has 1 aliphatic heterocycles. The topological polar surface area (TPSA) is 35.2 Å². The van der Waals surface area contributed by atoms with Crippen LogP contribution in [0.4, 0.5) is 0 Å². The van der Waals surface area contributed by atoms with Crippen molar-refractivity contribution in [1.82, 2.24) is 0 Å². The quantitative estimate of drug-likeness (QED) is 0.834. The molecule has 0 saturated carbocycles. The summed E-state index contributed by atoms with van der Waals surface area (Å²) < 4.78 is 5.58. The van der Waals surface area contributed by atoms with E-state index in [9.17, 15) is 0 Å². The van der Waals surface area contributed by atoms with Crippen molar-refractivity contribution in [1.29, 1.82) is 0 Å². The van der Waals surface area contributed by atoms with Gasteiger partial charge in [0.05, 0.1) is 6.10 Å². The van der Waals surface area contributed by atoms with Crippen LogP contribution in [0.5, 0.6) is 0 Å². The van der Waals surface area contributed by atoms with Gasteiger partial charge >= 0.3 is 0 Å². The molecular weight excluding hydrogens is 194 g/mol. The van der Waals surface area contributed by atoms with Crippen molar-refractivity contribution in [2.45, 2.75) is 38.3 Å². The van der Waals surface area contributed by atoms with Crippen LogP contribution in [0, 0.1) is 6.92 Å². The zero-order valence-electron chi connectivity index (χ0n) is 8.53. The van der Waals surface area contributed by atoms with Crippen LogP contribution < -0.4 is 5.73 Å². The SMILES string of the molecule is Cc1sccc1C(N)CC1CCCO1. The summed E-state index contributed by atoms with van der Waals surface area (Å²) >= 11 is 1.77. The van der Waals surface area contributed by atoms with Gasteiger partial charge in [-0.2, -0.15) is 0 Å². The molecule has 2 nitrogen and oxygen atoms in total. The molecule has 0 radical (unpaired) electrons. The number of hydrogen-bond acceptors (Lipinski definition) is 3. The van der Waals surface area contributed by atoms with Crippen molar-refractivity contribution in [2.24, 2.45) is 5.73 Å². The highest BCUT2D eigenvalue weighted by molar-refractivity contribution is 7.10. The fourth-order valence-corrected chi connectivity index (χ4v) is 2.79. The minimum Gasteiger partial charge on any atom is -0.378 e. The molecule has 2 heterocycles. The van der Waals surface area contributed by atoms with Gasteiger partial charge in [0.1, 0.15) is 0 Å². The molecule has 0 amide bonds. The van der Waals surface area contributed by atoms with Crippen LogP contribution in [-0.2, 0) is 4.74 Å². The van der Waals surface area contributed by atoms with Crippen LogP contribution in [0.25, 0.3) is 0 Å². The lowest BCUT2D eigenvalue weighted by atomic mass is 10.0. The molecule has 14 heavy (non-hydrogen) atoms. The molecule has 78 valence electrons. The van der Waals surface area contributed by atoms with E-state index in [1.54, 1.807) is 11.3 Å². The van der Waals surface area contributed by atoms with Gasteiger partial charge in [-0.15, -0.1) is 11.3 Å². The van der Waals surface area contributed by atoms with Gasteiger partial charge in [0.15, 0.2) is 0 Å². The number of aryl methyl sites for hydroxylation is 1. The van der Waals surface area contributed by atoms with Crippen molar-refractivity contribution >= 4 is 11.3 Å². The summed E-state index contributed by atoms with van der Waals surface area (Å²) in [4.78, 5) is 1.34. The van der Waals surface area contributed by atoms with E-state index < -0.39 is 0 Å². The minimum atomic E-state index is 0.157. The number of hydrogen-bond donors (Lipinski definition) is 1. The molecule has 0 spiro atoms. The van der Waals surface area contributed by atoms with Crippen LogP contribution in [0.1, 0.15) is 35.7 Å². The maximum Gasteiger partial charge on any atom is 0.0594 e. The van der Waals surface area contributed by atoms with Gasteiger partial charge in [-0.25, -0.2) is 0 Å². The summed E-state index contributed by atoms with van der Waals surface area (Å²) in [5.74, 6) is 0. The van der Waals surface area contributed by atoms with E-state index in [0.29, 0.717) is 6.10 Å². The van der Waals surface area contributed by atoms with Gasteiger partial charge in [0, 0.05) is 17.5 Å². The largest absolute Gasteiger partial charge is 0.378 e. The lowest BCUT2D eigenvalue weighted by molar-refractivity contribution is 0.0983. The van der Waals surface area contributed by atoms with Crippen LogP contribution in [0.15, 0.2) is 11.4 Å². The molecule has 2 atom stereocenters. The molecule has 0 aromatic carbocycles. The Labute approximate surface area is 89.1 Å². The van der Waals surface area contributed by atoms with E-state index in [0.717, 1.165) is 13.0 Å². The number of nitrogens with two attached hydrogens (primary N) is 1. The molecular formula is C11H17NOS. The molecule has 1 fully saturated rings. The van der Waals surface area contributed by atoms with E-state index in [1.807, 2.05) is 0 Å². The Bertz CT molecular complexity index is 291. The minimum absolute atomic E-state index is 0.157. The molecule has 2 unspecified atom stereocenters. The summed E-state index contributed by atoms with van der Waals surface area (Å²) in [6, 6.07) is 2.30. The van der Waals surface area contributed by atoms with Gasteiger partial charge in [-0.3, -0.25) is 0 Å². The average molecular weight is 211 g/mol. The van der Waals surface area contributed by atoms with Crippen molar-refractivity contribution in [3.05, 3.63) is 21.9 Å². The van der Waals surface area contributed by atoms with Crippen molar-refractivity contribution < 1.29 is 4.74 Å². The van der Waals surface area contributed by atoms with Crippen LogP contribution in [-0.4, -0.2) is 12.7 Å². The number of thiophene rings is 1. The summed E-state index contributed by atoms with van der Waals surface area (Å²) in [6.45, 7) is 3.05. The number of rotatable bonds is 3. The molecule has 0 bridgehead atoms. The third kappa shape index (κ3) is 2.16. The summed E-state index contributed by atoms with van der Waals surface area (Å²) in [6.07, 6.45) is 3.73. The second-order valence-electron chi connectivity index (χ2n) is 3.91. The smallest absolute Gasteiger partial charge is 0.0594 e. The predicted molar refractivity (Wildman–Crippen MR) is 59.6 cm³/mol. The maximum absolute atomic E-state index is 6.15. The van der Waals surface area contributed by atoms with Crippen molar-refractivity contribution in [3.8, 4) is 0 Å². The van der Waals surface area contributed by atoms with E-state index in [2.05, 4.69) is 18.4 Å². The van der Waals surface area contributed by atoms with Gasteiger partial charge < -0.3 is 10.5 Å². The average Bonchev–Trinajstić information content (AvgIpc) is 2.75. The fourth-order valence-electron chi connectivity index (χ4n) is 2.02. The van der Waals surface area contributed by atoms with E-state index >= 15 is 0 Å². The second-order valence-corrected chi connectivity index (χ2v) is 5.03. The Kier molecular flexibility index (Phi) is 3.21. The predicted octanol–water partition coefficient (Wildman–Crippen LogP) is 2.63. The van der Waals surface area contributed by atoms with Crippen LogP contribution in [0.3, 0.4) is 0 Å². The van der Waals surface area contributed by atoms with Gasteiger partial charge in [-0.1, -0.05) is 0 Å². The van der Waals surface area contributed by atoms with Crippen molar-refractivity contribution in [2.75, 3.05) is 6.61 Å². The van der Waals surface area contributed by atoms with Crippen molar-refractivity contribution in [3.63, 3.8) is 0 Å². The lowest BCUT2D eigenvalue weighted by Crippen LogP contribution is -2.18. The highest BCUT2D eigenvalue weighted by Crippen LogP contribution is 2.27. The summed E-state index contributed by atoms with van der Waals surface area (Å²) in [5.41, 5.74) is 7.44. The fraction of sp³-hybridized carbons (Fsp3) is 0.636. The maximum atomic E-state index is 6.15. The van der Waals surface area contributed by atoms with Crippen LogP contribution >= 0.6 is 11.3 Å². The first-order valence-electron chi connectivity index (χ1n) is 5.18. The molecule has 1 aliphatic rings. The van der Waals surface area contributed by atoms with Gasteiger partial charge in [0.2, 0.25) is 0 Å². The highest BCUT2D eigenvalue weighted by Gasteiger charge is 2.20. The standard InChI is InChI=1S/C11H17NOS/c1-8-10(4-6-14-8)11(12)7-9-3-2-5-13-9/h4,6,9,11H,2-3,5,7,12H2,1H3. The summed E-state index contributed by atoms with van der Waals surface area (Å²) in [5, 5.41) is 2.11. The van der Waals surface area contributed by atoms with E-state index in [4.69, 9.17) is 10.5 Å². The summed E-state index contributed by atoms with van der Waals surface area (Å²) in [7, 11) is 0. The third-order valence-corrected chi connectivity index (χ3v) is 3.70. The van der Waals surface area contributed by atoms with E-state index in [1.165, 1.54) is 23.3 Å². The monoisotopic (exact) mass is 211 g/mol. The highest BCUT2D eigenvalue weighted by atomic mass is 32.1. The number of ether oxygens (including phenoxy) is 1. The molecule has 1 aromatic heterocycles. The first-order chi connectivity index (χ1) is 6.77. The molecule has 1 aromatic rings. The Morgan fingerprint density at radius 1 is 1.71 bits per heavy atom. The third-order valence-electron chi connectivity index (χ3n) is 2.84. The first kappa shape index (κ1) is 10.1. The first-order valence-corrected chi connectivity index (χ1v) is 6.06. The Morgan fingerprint density at radius 2 is 2.57 bits per heavy atom. The second kappa shape index (κ2) is 4.43. The molecule has 2 rings (SSSR count). The van der Waals surface area contributed by atoms with E-state index in [-0.39, 0.29) is 6.04 Å². The molecule has 1 saturated heterocycles. The molecule has 2 N–H and O–H groups in total. The van der Waals surface area contributed by atoms with Gasteiger partial charge in [-0.05, 0) is 43.2 Å². The molecule has 3 heteroatoms. The Morgan fingerprint density at radius 3 is 3.14 bits per heavy atom. The van der Waals surface area contributed by atoms with Crippen LogP contribution in [0.2, 0.25) is 0 Å². The van der Waals surface area contributed by atoms with Gasteiger partial charge in [0.25, 0.3) is 0 Å². The lowest BCUT2D eigenvalue weighted by Gasteiger charge is -2.16. The Hall–Kier alpha value is -0.380. The zero-order valence-corrected chi connectivity index (χ0v) is 9.35. The molecule has 0 aliphatic carbocycles. The Balaban J connectivity index is 1.95. The normalized spacial score (nSPS) is 24.0.